The van der Waals surface area contributed by atoms with E-state index >= 15 is 0 Å². The lowest BCUT2D eigenvalue weighted by Gasteiger charge is -1.99. The molecule has 0 unspecified atom stereocenters. The molecule has 2 heteroatoms. The van der Waals surface area contributed by atoms with Crippen molar-refractivity contribution >= 4 is 5.91 Å². The molecule has 1 amide bonds. The SMILES string of the molecule is CCCCCCNC(=O)C#Cc1ccccc1. The van der Waals surface area contributed by atoms with E-state index in [4.69, 9.17) is 0 Å². The summed E-state index contributed by atoms with van der Waals surface area (Å²) in [5, 5.41) is 2.80. The Morgan fingerprint density at radius 3 is 2.65 bits per heavy atom. The standard InChI is InChI=1S/C15H19NO/c1-2-3-4-8-13-16-15(17)12-11-14-9-6-5-7-10-14/h5-7,9-10H,2-4,8,13H2,1H3,(H,16,17). The zero-order valence-electron chi connectivity index (χ0n) is 10.3. The maximum Gasteiger partial charge on any atom is 0.296 e. The largest absolute Gasteiger partial charge is 0.345 e. The molecule has 0 aliphatic rings. The molecule has 1 aromatic carbocycles. The van der Waals surface area contributed by atoms with Gasteiger partial charge in [-0.15, -0.1) is 0 Å². The number of unbranched alkanes of at least 4 members (excludes halogenated alkanes) is 3. The fourth-order valence-electron chi connectivity index (χ4n) is 1.45. The summed E-state index contributed by atoms with van der Waals surface area (Å²) in [6, 6.07) is 9.53. The van der Waals surface area contributed by atoms with E-state index in [0.29, 0.717) is 0 Å². The van der Waals surface area contributed by atoms with Crippen molar-refractivity contribution in [2.45, 2.75) is 32.6 Å². The van der Waals surface area contributed by atoms with Crippen LogP contribution < -0.4 is 5.32 Å². The first-order chi connectivity index (χ1) is 8.33. The lowest BCUT2D eigenvalue weighted by Crippen LogP contribution is -2.22. The van der Waals surface area contributed by atoms with Crippen LogP contribution in [0.2, 0.25) is 0 Å². The van der Waals surface area contributed by atoms with Crippen LogP contribution in [0.25, 0.3) is 0 Å². The van der Waals surface area contributed by atoms with Gasteiger partial charge in [-0.05, 0) is 18.6 Å². The number of benzene rings is 1. The van der Waals surface area contributed by atoms with Gasteiger partial charge in [-0.3, -0.25) is 4.79 Å². The van der Waals surface area contributed by atoms with Gasteiger partial charge in [0.05, 0.1) is 0 Å². The zero-order chi connectivity index (χ0) is 12.3. The Kier molecular flexibility index (Phi) is 6.59. The predicted octanol–water partition coefficient (Wildman–Crippen LogP) is 2.73. The lowest BCUT2D eigenvalue weighted by atomic mass is 10.2. The van der Waals surface area contributed by atoms with Crippen LogP contribution in [0.3, 0.4) is 0 Å². The Bertz CT molecular complexity index is 386. The number of carbonyl (C=O) groups is 1. The summed E-state index contributed by atoms with van der Waals surface area (Å²) in [4.78, 5) is 11.4. The van der Waals surface area contributed by atoms with E-state index in [0.717, 1.165) is 18.5 Å². The topological polar surface area (TPSA) is 29.1 Å². The van der Waals surface area contributed by atoms with Crippen LogP contribution in [-0.2, 0) is 4.79 Å². The molecule has 0 atom stereocenters. The molecule has 0 saturated carbocycles. The van der Waals surface area contributed by atoms with Gasteiger partial charge in [0.2, 0.25) is 0 Å². The predicted molar refractivity (Wildman–Crippen MR) is 70.5 cm³/mol. The summed E-state index contributed by atoms with van der Waals surface area (Å²) in [5.74, 6) is 5.23. The fourth-order valence-corrected chi connectivity index (χ4v) is 1.45. The van der Waals surface area contributed by atoms with Gasteiger partial charge in [-0.1, -0.05) is 50.3 Å². The number of carbonyl (C=O) groups excluding carboxylic acids is 1. The van der Waals surface area contributed by atoms with E-state index in [9.17, 15) is 4.79 Å². The van der Waals surface area contributed by atoms with Gasteiger partial charge in [0.15, 0.2) is 0 Å². The van der Waals surface area contributed by atoms with Crippen molar-refractivity contribution in [2.75, 3.05) is 6.54 Å². The van der Waals surface area contributed by atoms with Gasteiger partial charge in [0.1, 0.15) is 0 Å². The van der Waals surface area contributed by atoms with Crippen molar-refractivity contribution in [3.8, 4) is 11.8 Å². The molecule has 0 aromatic heterocycles. The first-order valence-electron chi connectivity index (χ1n) is 6.18. The van der Waals surface area contributed by atoms with Crippen molar-refractivity contribution < 1.29 is 4.79 Å². The van der Waals surface area contributed by atoms with Gasteiger partial charge >= 0.3 is 0 Å². The third kappa shape index (κ3) is 6.42. The van der Waals surface area contributed by atoms with Crippen molar-refractivity contribution in [2.24, 2.45) is 0 Å². The summed E-state index contributed by atoms with van der Waals surface area (Å²) >= 11 is 0. The van der Waals surface area contributed by atoms with Crippen LogP contribution in [0.5, 0.6) is 0 Å². The number of hydrogen-bond donors (Lipinski definition) is 1. The van der Waals surface area contributed by atoms with Crippen LogP contribution in [0.1, 0.15) is 38.2 Å². The minimum atomic E-state index is -0.189. The van der Waals surface area contributed by atoms with E-state index in [1.165, 1.54) is 19.3 Å². The highest BCUT2D eigenvalue weighted by Crippen LogP contribution is 1.97. The van der Waals surface area contributed by atoms with E-state index in [1.807, 2.05) is 30.3 Å². The van der Waals surface area contributed by atoms with Gasteiger partial charge in [0, 0.05) is 18.0 Å². The normalized spacial score (nSPS) is 9.24. The molecular formula is C15H19NO. The molecule has 0 aliphatic carbocycles. The molecule has 0 fully saturated rings. The Morgan fingerprint density at radius 2 is 1.94 bits per heavy atom. The van der Waals surface area contributed by atoms with Crippen LogP contribution in [0, 0.1) is 11.8 Å². The molecule has 0 spiro atoms. The number of rotatable bonds is 5. The van der Waals surface area contributed by atoms with Gasteiger partial charge in [0.25, 0.3) is 5.91 Å². The first kappa shape index (κ1) is 13.3. The summed E-state index contributed by atoms with van der Waals surface area (Å²) in [6.45, 7) is 2.90. The molecule has 1 aromatic rings. The molecule has 0 bridgehead atoms. The highest BCUT2D eigenvalue weighted by atomic mass is 16.1. The van der Waals surface area contributed by atoms with E-state index in [2.05, 4.69) is 24.1 Å². The molecule has 0 saturated heterocycles. The molecule has 2 nitrogen and oxygen atoms in total. The Balaban J connectivity index is 2.24. The molecular weight excluding hydrogens is 210 g/mol. The smallest absolute Gasteiger partial charge is 0.296 e. The van der Waals surface area contributed by atoms with Crippen LogP contribution >= 0.6 is 0 Å². The summed E-state index contributed by atoms with van der Waals surface area (Å²) < 4.78 is 0. The van der Waals surface area contributed by atoms with Gasteiger partial charge < -0.3 is 5.32 Å². The fraction of sp³-hybridized carbons (Fsp3) is 0.400. The average Bonchev–Trinajstić information content (AvgIpc) is 2.37. The van der Waals surface area contributed by atoms with Crippen LogP contribution in [0.15, 0.2) is 30.3 Å². The molecule has 0 aliphatic heterocycles. The molecule has 0 radical (unpaired) electrons. The van der Waals surface area contributed by atoms with Gasteiger partial charge in [-0.2, -0.15) is 0 Å². The quantitative estimate of drug-likeness (QED) is 0.610. The average molecular weight is 229 g/mol. The highest BCUT2D eigenvalue weighted by Gasteiger charge is 1.94. The maximum absolute atomic E-state index is 11.4. The Labute approximate surface area is 103 Å². The van der Waals surface area contributed by atoms with E-state index < -0.39 is 0 Å². The third-order valence-electron chi connectivity index (χ3n) is 2.41. The second-order valence-electron chi connectivity index (χ2n) is 3.93. The van der Waals surface area contributed by atoms with Gasteiger partial charge in [-0.25, -0.2) is 0 Å². The maximum atomic E-state index is 11.4. The highest BCUT2D eigenvalue weighted by molar-refractivity contribution is 5.94. The van der Waals surface area contributed by atoms with Crippen molar-refractivity contribution in [1.82, 2.24) is 5.32 Å². The molecule has 1 rings (SSSR count). The molecule has 0 heterocycles. The Hall–Kier alpha value is -1.75. The molecule has 90 valence electrons. The van der Waals surface area contributed by atoms with Crippen molar-refractivity contribution in [3.63, 3.8) is 0 Å². The van der Waals surface area contributed by atoms with E-state index in [1.54, 1.807) is 0 Å². The monoisotopic (exact) mass is 229 g/mol. The summed E-state index contributed by atoms with van der Waals surface area (Å²) in [6.07, 6.45) is 4.64. The molecule has 17 heavy (non-hydrogen) atoms. The van der Waals surface area contributed by atoms with Crippen molar-refractivity contribution in [1.29, 1.82) is 0 Å². The third-order valence-corrected chi connectivity index (χ3v) is 2.41. The Morgan fingerprint density at radius 1 is 1.18 bits per heavy atom. The summed E-state index contributed by atoms with van der Waals surface area (Å²) in [5.41, 5.74) is 0.869. The lowest BCUT2D eigenvalue weighted by molar-refractivity contribution is -0.115. The second kappa shape index (κ2) is 8.41. The number of amides is 1. The van der Waals surface area contributed by atoms with Crippen molar-refractivity contribution in [3.05, 3.63) is 35.9 Å². The zero-order valence-corrected chi connectivity index (χ0v) is 10.3. The van der Waals surface area contributed by atoms with Crippen LogP contribution in [-0.4, -0.2) is 12.5 Å². The second-order valence-corrected chi connectivity index (χ2v) is 3.93. The first-order valence-corrected chi connectivity index (χ1v) is 6.18. The van der Waals surface area contributed by atoms with Crippen LogP contribution in [0.4, 0.5) is 0 Å². The number of hydrogen-bond acceptors (Lipinski definition) is 1. The van der Waals surface area contributed by atoms with E-state index in [-0.39, 0.29) is 5.91 Å². The molecule has 1 N–H and O–H groups in total. The minimum Gasteiger partial charge on any atom is -0.345 e. The minimum absolute atomic E-state index is 0.189. The summed E-state index contributed by atoms with van der Waals surface area (Å²) in [7, 11) is 0. The number of nitrogens with one attached hydrogen (secondary N) is 1.